The number of aromatic nitrogens is 1. The van der Waals surface area contributed by atoms with Crippen molar-refractivity contribution in [1.29, 1.82) is 0 Å². The summed E-state index contributed by atoms with van der Waals surface area (Å²) in [6, 6.07) is 1.17. The maximum Gasteiger partial charge on any atom is 0.425 e. The van der Waals surface area contributed by atoms with Crippen molar-refractivity contribution in [3.63, 3.8) is 0 Å². The van der Waals surface area contributed by atoms with Crippen LogP contribution in [0.5, 0.6) is 0 Å². The van der Waals surface area contributed by atoms with Gasteiger partial charge in [0.05, 0.1) is 10.0 Å². The average Bonchev–Trinajstić information content (AvgIpc) is 2.20. The first-order valence-corrected chi connectivity index (χ1v) is 5.94. The quantitative estimate of drug-likeness (QED) is 0.853. The van der Waals surface area contributed by atoms with Crippen LogP contribution >= 0.6 is 23.2 Å². The number of amides is 2. The Labute approximate surface area is 119 Å². The van der Waals surface area contributed by atoms with Crippen LogP contribution in [-0.4, -0.2) is 27.9 Å². The number of anilines is 1. The molecule has 0 aliphatic rings. The SMILES string of the molecule is CC(C)(C)OC(=O)N(C(=O)O)c1cc(Cl)c(Cl)cn1. The van der Waals surface area contributed by atoms with Gasteiger partial charge in [0.15, 0.2) is 0 Å². The maximum absolute atomic E-state index is 11.8. The summed E-state index contributed by atoms with van der Waals surface area (Å²) in [7, 11) is 0. The van der Waals surface area contributed by atoms with Crippen LogP contribution in [0.4, 0.5) is 15.4 Å². The first-order valence-electron chi connectivity index (χ1n) is 5.19. The molecule has 0 aliphatic heterocycles. The van der Waals surface area contributed by atoms with Crippen molar-refractivity contribution < 1.29 is 19.4 Å². The number of ether oxygens (including phenoxy) is 1. The molecule has 0 spiro atoms. The minimum absolute atomic E-state index is 0.0847. The van der Waals surface area contributed by atoms with Gasteiger partial charge in [-0.05, 0) is 20.8 Å². The lowest BCUT2D eigenvalue weighted by Crippen LogP contribution is -2.40. The van der Waals surface area contributed by atoms with Gasteiger partial charge in [0.25, 0.3) is 0 Å². The number of hydrogen-bond acceptors (Lipinski definition) is 4. The highest BCUT2D eigenvalue weighted by atomic mass is 35.5. The highest BCUT2D eigenvalue weighted by molar-refractivity contribution is 6.42. The van der Waals surface area contributed by atoms with Gasteiger partial charge in [0.2, 0.25) is 0 Å². The van der Waals surface area contributed by atoms with Crippen molar-refractivity contribution in [2.45, 2.75) is 26.4 Å². The number of rotatable bonds is 1. The molecule has 0 atom stereocenters. The van der Waals surface area contributed by atoms with E-state index in [4.69, 9.17) is 33.0 Å². The molecule has 0 saturated heterocycles. The summed E-state index contributed by atoms with van der Waals surface area (Å²) < 4.78 is 4.98. The monoisotopic (exact) mass is 306 g/mol. The molecule has 1 aromatic heterocycles. The molecule has 0 aromatic carbocycles. The molecule has 8 heteroatoms. The van der Waals surface area contributed by atoms with Crippen molar-refractivity contribution in [1.82, 2.24) is 4.98 Å². The second kappa shape index (κ2) is 5.63. The van der Waals surface area contributed by atoms with Gasteiger partial charge in [0, 0.05) is 12.3 Å². The topological polar surface area (TPSA) is 79.7 Å². The summed E-state index contributed by atoms with van der Waals surface area (Å²) in [6.45, 7) is 4.85. The van der Waals surface area contributed by atoms with Crippen LogP contribution in [0, 0.1) is 0 Å². The first kappa shape index (κ1) is 15.5. The summed E-state index contributed by atoms with van der Waals surface area (Å²) in [5.41, 5.74) is -0.832. The number of halogens is 2. The van der Waals surface area contributed by atoms with Crippen molar-refractivity contribution in [3.05, 3.63) is 22.3 Å². The average molecular weight is 307 g/mol. The number of pyridine rings is 1. The number of carbonyl (C=O) groups excluding carboxylic acids is 1. The second-order valence-corrected chi connectivity index (χ2v) is 5.37. The Morgan fingerprint density at radius 3 is 2.32 bits per heavy atom. The van der Waals surface area contributed by atoms with Crippen LogP contribution < -0.4 is 4.90 Å². The predicted molar refractivity (Wildman–Crippen MR) is 71.0 cm³/mol. The van der Waals surface area contributed by atoms with Gasteiger partial charge in [-0.15, -0.1) is 0 Å². The molecule has 0 fully saturated rings. The summed E-state index contributed by atoms with van der Waals surface area (Å²) in [6.07, 6.45) is -1.44. The molecule has 0 radical (unpaired) electrons. The fourth-order valence-corrected chi connectivity index (χ4v) is 1.35. The highest BCUT2D eigenvalue weighted by Crippen LogP contribution is 2.25. The molecule has 6 nitrogen and oxygen atoms in total. The van der Waals surface area contributed by atoms with Crippen LogP contribution in [0.15, 0.2) is 12.3 Å². The van der Waals surface area contributed by atoms with Gasteiger partial charge in [-0.25, -0.2) is 14.6 Å². The maximum atomic E-state index is 11.8. The first-order chi connectivity index (χ1) is 8.61. The van der Waals surface area contributed by atoms with E-state index in [1.807, 2.05) is 0 Å². The lowest BCUT2D eigenvalue weighted by atomic mass is 10.2. The Morgan fingerprint density at radius 1 is 1.32 bits per heavy atom. The van der Waals surface area contributed by atoms with Gasteiger partial charge in [-0.1, -0.05) is 23.2 Å². The standard InChI is InChI=1S/C11H12Cl2N2O4/c1-11(2,3)19-10(18)15(9(16)17)8-4-6(12)7(13)5-14-8/h4-5H,1-3H3,(H,16,17). The Kier molecular flexibility index (Phi) is 4.60. The van der Waals surface area contributed by atoms with Crippen LogP contribution in [-0.2, 0) is 4.74 Å². The molecule has 0 unspecified atom stereocenters. The number of nitrogens with zero attached hydrogens (tertiary/aromatic N) is 2. The summed E-state index contributed by atoms with van der Waals surface area (Å²) in [5.74, 6) is -0.184. The molecule has 2 amide bonds. The second-order valence-electron chi connectivity index (χ2n) is 4.55. The Hall–Kier alpha value is -1.53. The van der Waals surface area contributed by atoms with Crippen LogP contribution in [0.1, 0.15) is 20.8 Å². The molecule has 19 heavy (non-hydrogen) atoms. The molecule has 1 heterocycles. The molecule has 0 bridgehead atoms. The molecule has 0 saturated carbocycles. The Morgan fingerprint density at radius 2 is 1.89 bits per heavy atom. The lowest BCUT2D eigenvalue weighted by Gasteiger charge is -2.23. The van der Waals surface area contributed by atoms with E-state index < -0.39 is 17.8 Å². The van der Waals surface area contributed by atoms with E-state index in [1.165, 1.54) is 6.07 Å². The van der Waals surface area contributed by atoms with E-state index in [9.17, 15) is 9.59 Å². The third-order valence-corrected chi connectivity index (χ3v) is 2.50. The number of carbonyl (C=O) groups is 2. The number of imide groups is 1. The van der Waals surface area contributed by atoms with Gasteiger partial charge >= 0.3 is 12.2 Å². The summed E-state index contributed by atoms with van der Waals surface area (Å²) in [4.78, 5) is 27.0. The third-order valence-electron chi connectivity index (χ3n) is 1.79. The highest BCUT2D eigenvalue weighted by Gasteiger charge is 2.29. The predicted octanol–water partition coefficient (Wildman–Crippen LogP) is 3.81. The third kappa shape index (κ3) is 4.25. The minimum atomic E-state index is -1.53. The normalized spacial score (nSPS) is 11.0. The fourth-order valence-electron chi connectivity index (χ4n) is 1.10. The van der Waals surface area contributed by atoms with E-state index in [1.54, 1.807) is 20.8 Å². The van der Waals surface area contributed by atoms with Gasteiger partial charge in [-0.2, -0.15) is 4.90 Å². The van der Waals surface area contributed by atoms with E-state index in [2.05, 4.69) is 4.98 Å². The molecular weight excluding hydrogens is 295 g/mol. The smallest absolute Gasteiger partial charge is 0.425 e. The lowest BCUT2D eigenvalue weighted by molar-refractivity contribution is 0.0581. The molecule has 1 rings (SSSR count). The minimum Gasteiger partial charge on any atom is -0.464 e. The Bertz CT molecular complexity index is 514. The van der Waals surface area contributed by atoms with Gasteiger partial charge in [-0.3, -0.25) is 0 Å². The van der Waals surface area contributed by atoms with Crippen molar-refractivity contribution in [3.8, 4) is 0 Å². The molecule has 1 N–H and O–H groups in total. The van der Waals surface area contributed by atoms with Crippen LogP contribution in [0.3, 0.4) is 0 Å². The number of hydrogen-bond donors (Lipinski definition) is 1. The molecule has 1 aromatic rings. The largest absolute Gasteiger partial charge is 0.464 e. The zero-order chi connectivity index (χ0) is 14.8. The van der Waals surface area contributed by atoms with Crippen molar-refractivity contribution in [2.75, 3.05) is 4.90 Å². The number of carboxylic acid groups (broad SMARTS) is 1. The molecule has 0 aliphatic carbocycles. The van der Waals surface area contributed by atoms with E-state index in [0.717, 1.165) is 6.20 Å². The molecule has 104 valence electrons. The van der Waals surface area contributed by atoms with E-state index in [-0.39, 0.29) is 15.9 Å². The van der Waals surface area contributed by atoms with Crippen LogP contribution in [0.2, 0.25) is 10.0 Å². The summed E-state index contributed by atoms with van der Waals surface area (Å²) >= 11 is 11.4. The van der Waals surface area contributed by atoms with Gasteiger partial charge < -0.3 is 9.84 Å². The zero-order valence-electron chi connectivity index (χ0n) is 10.5. The summed E-state index contributed by atoms with van der Waals surface area (Å²) in [5, 5.41) is 9.30. The van der Waals surface area contributed by atoms with Crippen LogP contribution in [0.25, 0.3) is 0 Å². The fraction of sp³-hybridized carbons (Fsp3) is 0.364. The Balaban J connectivity index is 3.10. The van der Waals surface area contributed by atoms with Gasteiger partial charge in [0.1, 0.15) is 11.4 Å². The zero-order valence-corrected chi connectivity index (χ0v) is 12.0. The van der Waals surface area contributed by atoms with E-state index in [0.29, 0.717) is 4.90 Å². The van der Waals surface area contributed by atoms with E-state index >= 15 is 0 Å². The molecular formula is C11H12Cl2N2O4. The van der Waals surface area contributed by atoms with Crippen molar-refractivity contribution in [2.24, 2.45) is 0 Å². The van der Waals surface area contributed by atoms with Crippen molar-refractivity contribution >= 4 is 41.2 Å².